The first-order chi connectivity index (χ1) is 8.85. The highest BCUT2D eigenvalue weighted by molar-refractivity contribution is 7.85. The predicted octanol–water partition coefficient (Wildman–Crippen LogP) is 1.36. The average Bonchev–Trinajstić information content (AvgIpc) is 2.80. The van der Waals surface area contributed by atoms with Crippen LogP contribution < -0.4 is 0 Å². The first-order valence-corrected chi connectivity index (χ1v) is 8.45. The first-order valence-electron chi connectivity index (χ1n) is 6.63. The Hall–Kier alpha value is -0.820. The van der Waals surface area contributed by atoms with Crippen LogP contribution in [0.25, 0.3) is 0 Å². The van der Waals surface area contributed by atoms with Gasteiger partial charge in [-0.3, -0.25) is 4.18 Å². The number of rotatable bonds is 6. The molecule has 3 aliphatic rings. The second-order valence-electron chi connectivity index (χ2n) is 5.62. The largest absolute Gasteiger partial charge is 0.449 e. The third-order valence-electron chi connectivity index (χ3n) is 3.82. The van der Waals surface area contributed by atoms with E-state index in [9.17, 15) is 13.2 Å². The molecule has 3 fully saturated rings. The van der Waals surface area contributed by atoms with Gasteiger partial charge < -0.3 is 9.64 Å². The van der Waals surface area contributed by atoms with E-state index < -0.39 is 10.1 Å². The van der Waals surface area contributed by atoms with Gasteiger partial charge in [0.25, 0.3) is 10.1 Å². The molecule has 0 aromatic carbocycles. The smallest absolute Gasteiger partial charge is 0.410 e. The Kier molecular flexibility index (Phi) is 4.06. The second-order valence-corrected chi connectivity index (χ2v) is 7.27. The summed E-state index contributed by atoms with van der Waals surface area (Å²) in [4.78, 5) is 13.6. The van der Waals surface area contributed by atoms with Gasteiger partial charge in [-0.25, -0.2) is 4.79 Å². The molecular weight excluding hydrogens is 270 g/mol. The summed E-state index contributed by atoms with van der Waals surface area (Å²) >= 11 is 0. The summed E-state index contributed by atoms with van der Waals surface area (Å²) in [6.07, 6.45) is 4.25. The van der Waals surface area contributed by atoms with Crippen molar-refractivity contribution in [2.45, 2.75) is 38.6 Å². The molecule has 0 aromatic heterocycles. The summed E-state index contributed by atoms with van der Waals surface area (Å²) in [5, 5.41) is 0. The van der Waals surface area contributed by atoms with E-state index in [0.29, 0.717) is 13.2 Å². The van der Waals surface area contributed by atoms with Gasteiger partial charge in [0.15, 0.2) is 0 Å². The van der Waals surface area contributed by atoms with Gasteiger partial charge in [0, 0.05) is 18.0 Å². The van der Waals surface area contributed by atoms with E-state index in [0.717, 1.165) is 31.9 Å². The zero-order valence-corrected chi connectivity index (χ0v) is 12.2. The van der Waals surface area contributed by atoms with E-state index in [4.69, 9.17) is 8.92 Å². The number of ether oxygens (including phenoxy) is 1. The maximum Gasteiger partial charge on any atom is 0.410 e. The average molecular weight is 291 g/mol. The van der Waals surface area contributed by atoms with Crippen molar-refractivity contribution in [2.24, 2.45) is 5.41 Å². The van der Waals surface area contributed by atoms with E-state index >= 15 is 0 Å². The third kappa shape index (κ3) is 3.39. The molecule has 2 aliphatic heterocycles. The topological polar surface area (TPSA) is 72.9 Å². The minimum absolute atomic E-state index is 0.168. The molecule has 1 aliphatic carbocycles. The van der Waals surface area contributed by atoms with Crippen LogP contribution in [0.2, 0.25) is 0 Å². The second kappa shape index (κ2) is 5.28. The maximum absolute atomic E-state index is 11.8. The van der Waals surface area contributed by atoms with Crippen LogP contribution in [0.3, 0.4) is 0 Å². The fourth-order valence-corrected chi connectivity index (χ4v) is 3.24. The number of carbonyl (C=O) groups is 1. The lowest BCUT2D eigenvalue weighted by Gasteiger charge is -2.35. The van der Waals surface area contributed by atoms with Crippen molar-refractivity contribution in [1.29, 1.82) is 0 Å². The van der Waals surface area contributed by atoms with Crippen molar-refractivity contribution >= 4 is 16.2 Å². The highest BCUT2D eigenvalue weighted by Gasteiger charge is 2.57. The molecule has 3 rings (SSSR count). The quantitative estimate of drug-likeness (QED) is 0.546. The summed E-state index contributed by atoms with van der Waals surface area (Å²) in [6.45, 7) is 3.20. The lowest BCUT2D eigenvalue weighted by molar-refractivity contribution is 0.0890. The van der Waals surface area contributed by atoms with Crippen LogP contribution in [-0.4, -0.2) is 51.5 Å². The molecular formula is C12H21NO5S. The van der Waals surface area contributed by atoms with Crippen molar-refractivity contribution in [3.63, 3.8) is 0 Å². The Labute approximate surface area is 114 Å². The number of fused-ring (bicyclic) bond motifs is 1. The van der Waals surface area contributed by atoms with E-state index in [-0.39, 0.29) is 24.2 Å². The molecule has 1 saturated carbocycles. The molecule has 0 atom stereocenters. The Morgan fingerprint density at radius 2 is 2.11 bits per heavy atom. The van der Waals surface area contributed by atoms with E-state index in [1.165, 1.54) is 0 Å². The molecule has 7 heteroatoms. The number of carbonyl (C=O) groups excluding carboxylic acids is 1. The highest BCUT2D eigenvalue weighted by atomic mass is 32.2. The van der Waals surface area contributed by atoms with Crippen LogP contribution in [-0.2, 0) is 19.0 Å². The zero-order chi connectivity index (χ0) is 14.1. The molecule has 0 radical (unpaired) electrons. The lowest BCUT2D eigenvalue weighted by atomic mass is 9.71. The first kappa shape index (κ1) is 14.6. The van der Waals surface area contributed by atoms with Gasteiger partial charge in [-0.1, -0.05) is 13.3 Å². The van der Waals surface area contributed by atoms with Gasteiger partial charge in [0.05, 0.1) is 19.5 Å². The van der Waals surface area contributed by atoms with Gasteiger partial charge >= 0.3 is 6.09 Å². The van der Waals surface area contributed by atoms with Crippen LogP contribution in [0.5, 0.6) is 0 Å². The fraction of sp³-hybridized carbons (Fsp3) is 0.917. The molecule has 2 saturated heterocycles. The predicted molar refractivity (Wildman–Crippen MR) is 69.2 cm³/mol. The number of hydrogen-bond acceptors (Lipinski definition) is 5. The molecule has 19 heavy (non-hydrogen) atoms. The number of hydrogen-bond donors (Lipinski definition) is 0. The Balaban J connectivity index is 1.81. The van der Waals surface area contributed by atoms with Gasteiger partial charge in [0.1, 0.15) is 0 Å². The summed E-state index contributed by atoms with van der Waals surface area (Å²) in [5.41, 5.74) is -0.183. The van der Waals surface area contributed by atoms with Crippen molar-refractivity contribution in [2.75, 3.05) is 26.0 Å². The molecule has 2 bridgehead atoms. The van der Waals surface area contributed by atoms with E-state index in [2.05, 4.69) is 0 Å². The number of amides is 1. The van der Waals surface area contributed by atoms with Crippen LogP contribution in [0.4, 0.5) is 4.79 Å². The SMILES string of the molecule is CCCCOC(=O)N1CC2(COS(C)(=O)=O)CC1C2. The molecule has 0 unspecified atom stereocenters. The van der Waals surface area contributed by atoms with E-state index in [1.807, 2.05) is 6.92 Å². The third-order valence-corrected chi connectivity index (χ3v) is 4.37. The minimum atomic E-state index is -3.42. The van der Waals surface area contributed by atoms with Crippen molar-refractivity contribution in [3.8, 4) is 0 Å². The van der Waals surface area contributed by atoms with E-state index in [1.54, 1.807) is 4.90 Å². The van der Waals surface area contributed by atoms with Gasteiger partial charge in [-0.05, 0) is 19.3 Å². The molecule has 1 amide bonds. The van der Waals surface area contributed by atoms with Crippen molar-refractivity contribution in [1.82, 2.24) is 4.90 Å². The molecule has 2 heterocycles. The molecule has 6 nitrogen and oxygen atoms in total. The molecule has 110 valence electrons. The summed E-state index contributed by atoms with van der Waals surface area (Å²) < 4.78 is 32.1. The molecule has 0 aromatic rings. The van der Waals surface area contributed by atoms with Crippen molar-refractivity contribution < 1.29 is 22.1 Å². The molecule has 0 spiro atoms. The summed E-state index contributed by atoms with van der Waals surface area (Å²) in [6, 6.07) is 0.192. The number of unbranched alkanes of at least 4 members (excludes halogenated alkanes) is 1. The maximum atomic E-state index is 11.8. The normalized spacial score (nSPS) is 29.2. The van der Waals surface area contributed by atoms with Gasteiger partial charge in [-0.2, -0.15) is 8.42 Å². The van der Waals surface area contributed by atoms with Crippen LogP contribution in [0.15, 0.2) is 0 Å². The lowest BCUT2D eigenvalue weighted by Crippen LogP contribution is -2.39. The minimum Gasteiger partial charge on any atom is -0.449 e. The Morgan fingerprint density at radius 3 is 2.68 bits per heavy atom. The standard InChI is InChI=1S/C12H21NO5S/c1-3-4-5-17-11(14)13-8-12(6-10(13)7-12)9-18-19(2,15)16/h10H,3-9H2,1-2H3. The zero-order valence-electron chi connectivity index (χ0n) is 11.4. The van der Waals surface area contributed by atoms with Crippen LogP contribution >= 0.6 is 0 Å². The Morgan fingerprint density at radius 1 is 1.42 bits per heavy atom. The number of nitrogens with zero attached hydrogens (tertiary/aromatic N) is 1. The van der Waals surface area contributed by atoms with Crippen LogP contribution in [0.1, 0.15) is 32.6 Å². The Bertz CT molecular complexity index is 441. The van der Waals surface area contributed by atoms with Crippen LogP contribution in [0, 0.1) is 5.41 Å². The molecule has 0 N–H and O–H groups in total. The summed E-state index contributed by atoms with van der Waals surface area (Å²) in [7, 11) is -3.42. The van der Waals surface area contributed by atoms with Gasteiger partial charge in [0.2, 0.25) is 0 Å². The fourth-order valence-electron chi connectivity index (χ4n) is 2.78. The van der Waals surface area contributed by atoms with Gasteiger partial charge in [-0.15, -0.1) is 0 Å². The monoisotopic (exact) mass is 291 g/mol. The summed E-state index contributed by atoms with van der Waals surface area (Å²) in [5.74, 6) is 0. The van der Waals surface area contributed by atoms with Crippen molar-refractivity contribution in [3.05, 3.63) is 0 Å². The highest BCUT2D eigenvalue weighted by Crippen LogP contribution is 2.52.